The third-order valence-electron chi connectivity index (χ3n) is 4.22. The van der Waals surface area contributed by atoms with E-state index in [1.54, 1.807) is 17.0 Å². The molecule has 1 atom stereocenters. The lowest BCUT2D eigenvalue weighted by molar-refractivity contribution is 0.0974. The maximum absolute atomic E-state index is 13.2. The van der Waals surface area contributed by atoms with Crippen LogP contribution in [0.2, 0.25) is 5.02 Å². The normalized spacial score (nSPS) is 16.3. The van der Waals surface area contributed by atoms with Gasteiger partial charge in [-0.2, -0.15) is 0 Å². The van der Waals surface area contributed by atoms with E-state index in [0.29, 0.717) is 10.6 Å². The molecule has 4 rings (SSSR count). The molecule has 0 aliphatic carbocycles. The number of rotatable bonds is 2. The van der Waals surface area contributed by atoms with E-state index in [9.17, 15) is 4.79 Å². The SMILES string of the molecule is Cc1cccc(C2Nc3ccccc3C(=O)N2c2ccc(Cl)cc2)n1. The summed E-state index contributed by atoms with van der Waals surface area (Å²) in [5.41, 5.74) is 3.91. The van der Waals surface area contributed by atoms with Crippen LogP contribution in [0.5, 0.6) is 0 Å². The minimum absolute atomic E-state index is 0.0648. The fourth-order valence-electron chi connectivity index (χ4n) is 3.04. The van der Waals surface area contributed by atoms with Crippen LogP contribution in [0.4, 0.5) is 11.4 Å². The minimum atomic E-state index is -0.386. The van der Waals surface area contributed by atoms with Crippen molar-refractivity contribution in [2.24, 2.45) is 0 Å². The largest absolute Gasteiger partial charge is 0.359 e. The first-order valence-electron chi connectivity index (χ1n) is 8.02. The van der Waals surface area contributed by atoms with E-state index in [-0.39, 0.29) is 12.1 Å². The number of carbonyl (C=O) groups excluding carboxylic acids is 1. The number of nitrogens with zero attached hydrogens (tertiary/aromatic N) is 2. The quantitative estimate of drug-likeness (QED) is 0.721. The summed E-state index contributed by atoms with van der Waals surface area (Å²) in [6, 6.07) is 20.6. The van der Waals surface area contributed by atoms with Crippen LogP contribution in [0.3, 0.4) is 0 Å². The lowest BCUT2D eigenvalue weighted by Gasteiger charge is -2.37. The van der Waals surface area contributed by atoms with Gasteiger partial charge in [0.2, 0.25) is 0 Å². The van der Waals surface area contributed by atoms with E-state index in [4.69, 9.17) is 11.6 Å². The first kappa shape index (κ1) is 15.7. The van der Waals surface area contributed by atoms with Gasteiger partial charge >= 0.3 is 0 Å². The summed E-state index contributed by atoms with van der Waals surface area (Å²) in [5, 5.41) is 4.07. The summed E-state index contributed by atoms with van der Waals surface area (Å²) in [6.45, 7) is 1.94. The van der Waals surface area contributed by atoms with E-state index in [0.717, 1.165) is 22.8 Å². The number of aromatic nitrogens is 1. The summed E-state index contributed by atoms with van der Waals surface area (Å²) in [7, 11) is 0. The molecule has 3 aromatic rings. The second-order valence-corrected chi connectivity index (χ2v) is 6.38. The molecule has 0 saturated carbocycles. The Morgan fingerprint density at radius 2 is 1.76 bits per heavy atom. The Morgan fingerprint density at radius 3 is 2.52 bits per heavy atom. The van der Waals surface area contributed by atoms with Crippen molar-refractivity contribution in [3.63, 3.8) is 0 Å². The molecule has 0 radical (unpaired) electrons. The molecule has 1 unspecified atom stereocenters. The molecule has 0 bridgehead atoms. The Kier molecular flexibility index (Phi) is 3.90. The topological polar surface area (TPSA) is 45.2 Å². The number of benzene rings is 2. The van der Waals surface area contributed by atoms with Crippen LogP contribution in [0.15, 0.2) is 66.7 Å². The van der Waals surface area contributed by atoms with E-state index in [1.165, 1.54) is 0 Å². The van der Waals surface area contributed by atoms with Gasteiger partial charge in [-0.15, -0.1) is 0 Å². The van der Waals surface area contributed by atoms with Crippen molar-refractivity contribution >= 4 is 28.9 Å². The third kappa shape index (κ3) is 2.85. The van der Waals surface area contributed by atoms with Gasteiger partial charge in [0.1, 0.15) is 0 Å². The molecular formula is C20H16ClN3O. The van der Waals surface area contributed by atoms with Crippen molar-refractivity contribution < 1.29 is 4.79 Å². The zero-order valence-electron chi connectivity index (χ0n) is 13.6. The molecule has 0 saturated heterocycles. The smallest absolute Gasteiger partial charge is 0.262 e. The Balaban J connectivity index is 1.87. The van der Waals surface area contributed by atoms with Crippen LogP contribution >= 0.6 is 11.6 Å². The van der Waals surface area contributed by atoms with Gasteiger partial charge in [0.25, 0.3) is 5.91 Å². The van der Waals surface area contributed by atoms with Crippen LogP contribution in [0.1, 0.15) is 27.9 Å². The molecule has 1 aliphatic rings. The Hall–Kier alpha value is -2.85. The van der Waals surface area contributed by atoms with Gasteiger partial charge in [0, 0.05) is 22.1 Å². The number of nitrogens with one attached hydrogen (secondary N) is 1. The van der Waals surface area contributed by atoms with Gasteiger partial charge in [0.15, 0.2) is 6.17 Å². The Bertz CT molecular complexity index is 940. The van der Waals surface area contributed by atoms with Crippen LogP contribution < -0.4 is 10.2 Å². The zero-order valence-corrected chi connectivity index (χ0v) is 14.4. The van der Waals surface area contributed by atoms with E-state index in [2.05, 4.69) is 10.3 Å². The van der Waals surface area contributed by atoms with Gasteiger partial charge in [-0.3, -0.25) is 14.7 Å². The molecule has 4 nitrogen and oxygen atoms in total. The number of fused-ring (bicyclic) bond motifs is 1. The van der Waals surface area contributed by atoms with Crippen molar-refractivity contribution in [2.45, 2.75) is 13.1 Å². The summed E-state index contributed by atoms with van der Waals surface area (Å²) < 4.78 is 0. The monoisotopic (exact) mass is 349 g/mol. The highest BCUT2D eigenvalue weighted by Gasteiger charge is 2.34. The molecule has 2 heterocycles. The summed E-state index contributed by atoms with van der Waals surface area (Å²) >= 11 is 6.01. The van der Waals surface area contributed by atoms with Gasteiger partial charge in [-0.25, -0.2) is 0 Å². The number of carbonyl (C=O) groups is 1. The van der Waals surface area contributed by atoms with E-state index >= 15 is 0 Å². The number of halogens is 1. The molecule has 0 fully saturated rings. The van der Waals surface area contributed by atoms with E-state index < -0.39 is 0 Å². The molecule has 1 aliphatic heterocycles. The first-order chi connectivity index (χ1) is 12.1. The number of amides is 1. The predicted octanol–water partition coefficient (Wildman–Crippen LogP) is 4.81. The molecule has 2 aromatic carbocycles. The van der Waals surface area contributed by atoms with Crippen molar-refractivity contribution in [2.75, 3.05) is 10.2 Å². The Labute approximate surface area is 151 Å². The van der Waals surface area contributed by atoms with Crippen LogP contribution in [0.25, 0.3) is 0 Å². The number of hydrogen-bond donors (Lipinski definition) is 1. The van der Waals surface area contributed by atoms with Crippen molar-refractivity contribution in [1.29, 1.82) is 0 Å². The third-order valence-corrected chi connectivity index (χ3v) is 4.47. The van der Waals surface area contributed by atoms with Crippen LogP contribution in [-0.2, 0) is 0 Å². The van der Waals surface area contributed by atoms with Gasteiger partial charge in [-0.1, -0.05) is 29.8 Å². The van der Waals surface area contributed by atoms with Crippen molar-refractivity contribution in [1.82, 2.24) is 4.98 Å². The predicted molar refractivity (Wildman–Crippen MR) is 100 cm³/mol. The van der Waals surface area contributed by atoms with E-state index in [1.807, 2.05) is 61.5 Å². The van der Waals surface area contributed by atoms with Crippen LogP contribution in [-0.4, -0.2) is 10.9 Å². The molecule has 5 heteroatoms. The van der Waals surface area contributed by atoms with Gasteiger partial charge in [0.05, 0.1) is 11.3 Å². The number of para-hydroxylation sites is 1. The van der Waals surface area contributed by atoms with Crippen LogP contribution in [0, 0.1) is 6.92 Å². The maximum Gasteiger partial charge on any atom is 0.262 e. The number of aryl methyl sites for hydroxylation is 1. The van der Waals surface area contributed by atoms with Gasteiger partial charge < -0.3 is 5.32 Å². The molecule has 1 amide bonds. The summed E-state index contributed by atoms with van der Waals surface area (Å²) in [4.78, 5) is 19.5. The lowest BCUT2D eigenvalue weighted by Crippen LogP contribution is -2.43. The molecule has 124 valence electrons. The minimum Gasteiger partial charge on any atom is -0.359 e. The second kappa shape index (κ2) is 6.22. The fraction of sp³-hybridized carbons (Fsp3) is 0.100. The first-order valence-corrected chi connectivity index (χ1v) is 8.39. The number of pyridine rings is 1. The second-order valence-electron chi connectivity index (χ2n) is 5.95. The number of anilines is 2. The standard InChI is InChI=1S/C20H16ClN3O/c1-13-5-4-8-18(22-13)19-23-17-7-3-2-6-16(17)20(25)24(19)15-11-9-14(21)10-12-15/h2-12,19,23H,1H3. The zero-order chi connectivity index (χ0) is 17.4. The summed E-state index contributed by atoms with van der Waals surface area (Å²) in [6.07, 6.45) is -0.386. The fourth-order valence-corrected chi connectivity index (χ4v) is 3.17. The summed E-state index contributed by atoms with van der Waals surface area (Å²) in [5.74, 6) is -0.0648. The maximum atomic E-state index is 13.2. The van der Waals surface area contributed by atoms with Gasteiger partial charge in [-0.05, 0) is 55.5 Å². The highest BCUT2D eigenvalue weighted by Crippen LogP contribution is 2.36. The number of hydrogen-bond acceptors (Lipinski definition) is 3. The average Bonchev–Trinajstić information content (AvgIpc) is 2.63. The molecular weight excluding hydrogens is 334 g/mol. The highest BCUT2D eigenvalue weighted by atomic mass is 35.5. The highest BCUT2D eigenvalue weighted by molar-refractivity contribution is 6.30. The molecule has 1 N–H and O–H groups in total. The molecule has 25 heavy (non-hydrogen) atoms. The Morgan fingerprint density at radius 1 is 1.00 bits per heavy atom. The average molecular weight is 350 g/mol. The lowest BCUT2D eigenvalue weighted by atomic mass is 10.0. The van der Waals surface area contributed by atoms with Crippen molar-refractivity contribution in [3.05, 3.63) is 88.7 Å². The molecule has 0 spiro atoms. The molecule has 1 aromatic heterocycles. The van der Waals surface area contributed by atoms with Crippen molar-refractivity contribution in [3.8, 4) is 0 Å².